The Bertz CT molecular complexity index is 882. The third kappa shape index (κ3) is 4.13. The quantitative estimate of drug-likeness (QED) is 0.573. The van der Waals surface area contributed by atoms with E-state index in [1.165, 1.54) is 20.5 Å². The van der Waals surface area contributed by atoms with Crippen LogP contribution in [0.25, 0.3) is 0 Å². The van der Waals surface area contributed by atoms with Crippen LogP contribution in [0.1, 0.15) is 35.2 Å². The van der Waals surface area contributed by atoms with Gasteiger partial charge >= 0.3 is 5.69 Å². The van der Waals surface area contributed by atoms with Crippen LogP contribution in [0.15, 0.2) is 6.20 Å². The van der Waals surface area contributed by atoms with Crippen molar-refractivity contribution >= 4 is 23.2 Å². The summed E-state index contributed by atoms with van der Waals surface area (Å²) >= 11 is 0. The van der Waals surface area contributed by atoms with Gasteiger partial charge in [-0.05, 0) is 20.8 Å². The molecule has 27 heavy (non-hydrogen) atoms. The fraction of sp³-hybridized carbons (Fsp3) is 0.500. The Morgan fingerprint density at radius 2 is 1.96 bits per heavy atom. The molecular weight excluding hydrogens is 354 g/mol. The van der Waals surface area contributed by atoms with Gasteiger partial charge in [0.15, 0.2) is 0 Å². The van der Waals surface area contributed by atoms with Crippen LogP contribution < -0.4 is 5.32 Å². The Morgan fingerprint density at radius 3 is 2.48 bits per heavy atom. The van der Waals surface area contributed by atoms with Crippen LogP contribution in [0.4, 0.5) is 11.4 Å². The van der Waals surface area contributed by atoms with Crippen LogP contribution in [0, 0.1) is 24.0 Å². The monoisotopic (exact) mass is 377 g/mol. The molecule has 2 rings (SSSR count). The van der Waals surface area contributed by atoms with Gasteiger partial charge in [0.25, 0.3) is 5.91 Å². The predicted octanol–water partition coefficient (Wildman–Crippen LogP) is 1.36. The Labute approximate surface area is 156 Å². The summed E-state index contributed by atoms with van der Waals surface area (Å²) in [5.41, 5.74) is 1.30. The maximum Gasteiger partial charge on any atom is 0.312 e. The summed E-state index contributed by atoms with van der Waals surface area (Å²) in [4.78, 5) is 36.6. The molecule has 0 bridgehead atoms. The largest absolute Gasteiger partial charge is 0.343 e. The first kappa shape index (κ1) is 20.1. The lowest BCUT2D eigenvalue weighted by Crippen LogP contribution is -2.26. The molecule has 2 aromatic rings. The standard InChI is InChI=1S/C16H23N7O4/c1-6-21-15(16(25)20(4)5)12(9-17-21)18-13(24)7-8-22-11(3)14(23(26)27)10(2)19-22/h9H,6-8H2,1-5H3,(H,18,24). The number of nitrogens with one attached hydrogen (secondary N) is 1. The lowest BCUT2D eigenvalue weighted by molar-refractivity contribution is -0.386. The molecule has 0 aliphatic carbocycles. The first-order valence-corrected chi connectivity index (χ1v) is 8.43. The fourth-order valence-corrected chi connectivity index (χ4v) is 2.74. The lowest BCUT2D eigenvalue weighted by Gasteiger charge is -2.13. The van der Waals surface area contributed by atoms with E-state index in [1.807, 2.05) is 6.92 Å². The van der Waals surface area contributed by atoms with E-state index in [4.69, 9.17) is 0 Å². The molecule has 2 aromatic heterocycles. The third-order valence-electron chi connectivity index (χ3n) is 4.10. The number of amides is 2. The Balaban J connectivity index is 2.11. The van der Waals surface area contributed by atoms with Gasteiger partial charge in [-0.15, -0.1) is 0 Å². The molecule has 0 saturated heterocycles. The molecule has 2 heterocycles. The lowest BCUT2D eigenvalue weighted by atomic mass is 10.3. The molecule has 2 amide bonds. The summed E-state index contributed by atoms with van der Waals surface area (Å²) in [5, 5.41) is 22.0. The minimum atomic E-state index is -0.480. The van der Waals surface area contributed by atoms with Gasteiger partial charge < -0.3 is 10.2 Å². The molecule has 0 aromatic carbocycles. The van der Waals surface area contributed by atoms with E-state index in [0.717, 1.165) is 0 Å². The normalized spacial score (nSPS) is 10.7. The van der Waals surface area contributed by atoms with Crippen molar-refractivity contribution in [2.24, 2.45) is 0 Å². The molecule has 0 aliphatic rings. The Morgan fingerprint density at radius 1 is 1.30 bits per heavy atom. The number of nitro groups is 1. The molecule has 0 unspecified atom stereocenters. The highest BCUT2D eigenvalue weighted by molar-refractivity contribution is 6.02. The highest BCUT2D eigenvalue weighted by atomic mass is 16.6. The smallest absolute Gasteiger partial charge is 0.312 e. The van der Waals surface area contributed by atoms with E-state index in [-0.39, 0.29) is 30.5 Å². The molecule has 1 N–H and O–H groups in total. The van der Waals surface area contributed by atoms with E-state index >= 15 is 0 Å². The van der Waals surface area contributed by atoms with Crippen molar-refractivity contribution in [3.63, 3.8) is 0 Å². The molecule has 0 aliphatic heterocycles. The number of hydrogen-bond donors (Lipinski definition) is 1. The van der Waals surface area contributed by atoms with Crippen molar-refractivity contribution in [3.05, 3.63) is 33.4 Å². The van der Waals surface area contributed by atoms with Gasteiger partial charge in [0.2, 0.25) is 5.91 Å². The van der Waals surface area contributed by atoms with Crippen molar-refractivity contribution < 1.29 is 14.5 Å². The maximum atomic E-state index is 12.4. The third-order valence-corrected chi connectivity index (χ3v) is 4.10. The number of aromatic nitrogens is 4. The predicted molar refractivity (Wildman–Crippen MR) is 97.5 cm³/mol. The minimum absolute atomic E-state index is 0.0431. The van der Waals surface area contributed by atoms with Crippen molar-refractivity contribution in [2.45, 2.75) is 40.3 Å². The number of carbonyl (C=O) groups is 2. The number of carbonyl (C=O) groups excluding carboxylic acids is 2. The second-order valence-electron chi connectivity index (χ2n) is 6.22. The summed E-state index contributed by atoms with van der Waals surface area (Å²) in [7, 11) is 3.24. The average Bonchev–Trinajstić information content (AvgIpc) is 3.12. The molecule has 0 atom stereocenters. The van der Waals surface area contributed by atoms with Crippen LogP contribution in [0.5, 0.6) is 0 Å². The van der Waals surface area contributed by atoms with Gasteiger partial charge in [-0.2, -0.15) is 10.2 Å². The van der Waals surface area contributed by atoms with Gasteiger partial charge in [-0.1, -0.05) is 0 Å². The summed E-state index contributed by atoms with van der Waals surface area (Å²) in [5.74, 6) is -0.604. The average molecular weight is 377 g/mol. The zero-order valence-electron chi connectivity index (χ0n) is 16.0. The number of hydrogen-bond acceptors (Lipinski definition) is 6. The van der Waals surface area contributed by atoms with Crippen molar-refractivity contribution in [1.82, 2.24) is 24.5 Å². The SMILES string of the molecule is CCn1ncc(NC(=O)CCn2nc(C)c([N+](=O)[O-])c2C)c1C(=O)N(C)C. The number of rotatable bonds is 7. The van der Waals surface area contributed by atoms with E-state index in [2.05, 4.69) is 15.5 Å². The van der Waals surface area contributed by atoms with Gasteiger partial charge in [-0.25, -0.2) is 0 Å². The van der Waals surface area contributed by atoms with Gasteiger partial charge in [0.1, 0.15) is 17.1 Å². The second kappa shape index (κ2) is 7.98. The number of anilines is 1. The summed E-state index contributed by atoms with van der Waals surface area (Å²) in [6.07, 6.45) is 1.48. The molecule has 0 radical (unpaired) electrons. The van der Waals surface area contributed by atoms with Crippen LogP contribution >= 0.6 is 0 Å². The summed E-state index contributed by atoms with van der Waals surface area (Å²) in [6.45, 7) is 5.67. The molecule has 0 saturated carbocycles. The molecule has 11 nitrogen and oxygen atoms in total. The second-order valence-corrected chi connectivity index (χ2v) is 6.22. The van der Waals surface area contributed by atoms with Gasteiger partial charge in [-0.3, -0.25) is 29.1 Å². The molecule has 0 fully saturated rings. The van der Waals surface area contributed by atoms with E-state index in [1.54, 1.807) is 27.9 Å². The van der Waals surface area contributed by atoms with Crippen LogP contribution in [-0.4, -0.2) is 55.3 Å². The summed E-state index contributed by atoms with van der Waals surface area (Å²) in [6, 6.07) is 0. The van der Waals surface area contributed by atoms with E-state index in [9.17, 15) is 19.7 Å². The van der Waals surface area contributed by atoms with Gasteiger partial charge in [0, 0.05) is 27.1 Å². The molecular formula is C16H23N7O4. The summed E-state index contributed by atoms with van der Waals surface area (Å²) < 4.78 is 2.96. The Hall–Kier alpha value is -3.24. The topological polar surface area (TPSA) is 128 Å². The number of nitrogens with zero attached hydrogens (tertiary/aromatic N) is 6. The first-order valence-electron chi connectivity index (χ1n) is 8.43. The highest BCUT2D eigenvalue weighted by Gasteiger charge is 2.23. The maximum absolute atomic E-state index is 12.4. The fourth-order valence-electron chi connectivity index (χ4n) is 2.74. The van der Waals surface area contributed by atoms with Crippen molar-refractivity contribution in [3.8, 4) is 0 Å². The van der Waals surface area contributed by atoms with Crippen LogP contribution in [0.2, 0.25) is 0 Å². The molecule has 11 heteroatoms. The van der Waals surface area contributed by atoms with Crippen LogP contribution in [-0.2, 0) is 17.9 Å². The van der Waals surface area contributed by atoms with Crippen molar-refractivity contribution in [1.29, 1.82) is 0 Å². The van der Waals surface area contributed by atoms with Gasteiger partial charge in [0.05, 0.1) is 23.4 Å². The zero-order valence-corrected chi connectivity index (χ0v) is 16.0. The van der Waals surface area contributed by atoms with E-state index < -0.39 is 4.92 Å². The number of aryl methyl sites for hydroxylation is 3. The van der Waals surface area contributed by atoms with E-state index in [0.29, 0.717) is 29.3 Å². The molecule has 146 valence electrons. The van der Waals surface area contributed by atoms with Crippen molar-refractivity contribution in [2.75, 3.05) is 19.4 Å². The molecule has 0 spiro atoms. The Kier molecular flexibility index (Phi) is 5.93. The first-order chi connectivity index (χ1) is 12.7. The minimum Gasteiger partial charge on any atom is -0.343 e. The zero-order chi connectivity index (χ0) is 20.3. The van der Waals surface area contributed by atoms with Crippen LogP contribution in [0.3, 0.4) is 0 Å². The highest BCUT2D eigenvalue weighted by Crippen LogP contribution is 2.22.